The van der Waals surface area contributed by atoms with Gasteiger partial charge in [-0.25, -0.2) is 0 Å². The highest BCUT2D eigenvalue weighted by Crippen LogP contribution is 2.28. The number of rotatable bonds is 9. The maximum Gasteiger partial charge on any atom is 0.308 e. The molecule has 4 aromatic rings. The van der Waals surface area contributed by atoms with E-state index in [4.69, 9.17) is 4.74 Å². The first-order chi connectivity index (χ1) is 18.8. The zero-order valence-corrected chi connectivity index (χ0v) is 22.7. The van der Waals surface area contributed by atoms with Gasteiger partial charge in [-0.15, -0.1) is 0 Å². The first kappa shape index (κ1) is 26.4. The van der Waals surface area contributed by atoms with E-state index in [0.717, 1.165) is 23.0 Å². The number of piperidine rings is 1. The van der Waals surface area contributed by atoms with E-state index in [2.05, 4.69) is 41.6 Å². The van der Waals surface area contributed by atoms with Crippen molar-refractivity contribution in [1.29, 1.82) is 0 Å². The normalized spacial score (nSPS) is 15.4. The quantitative estimate of drug-likeness (QED) is 0.192. The molecule has 1 aromatic carbocycles. The van der Waals surface area contributed by atoms with Crippen molar-refractivity contribution in [2.45, 2.75) is 12.8 Å². The Kier molecular flexibility index (Phi) is 7.63. The van der Waals surface area contributed by atoms with Crippen LogP contribution in [0.2, 0.25) is 0 Å². The fraction of sp³-hybridized carbons (Fsp3) is 0.360. The molecule has 14 heteroatoms. The maximum absolute atomic E-state index is 12.8. The molecule has 1 saturated heterocycles. The maximum atomic E-state index is 12.8. The fourth-order valence-electron chi connectivity index (χ4n) is 4.62. The lowest BCUT2D eigenvalue weighted by Gasteiger charge is -2.31. The van der Waals surface area contributed by atoms with Crippen molar-refractivity contribution >= 4 is 61.8 Å². The van der Waals surface area contributed by atoms with Gasteiger partial charge in [0, 0.05) is 37.3 Å². The van der Waals surface area contributed by atoms with Crippen LogP contribution in [0.4, 0.5) is 17.3 Å². The third kappa shape index (κ3) is 5.65. The molecular weight excluding hydrogens is 572 g/mol. The van der Waals surface area contributed by atoms with Gasteiger partial charge in [0.2, 0.25) is 5.91 Å². The molecule has 0 bridgehead atoms. The second kappa shape index (κ2) is 11.3. The molecular formula is C25H27BrN8O5. The molecule has 1 fully saturated rings. The summed E-state index contributed by atoms with van der Waals surface area (Å²) in [5.74, 6) is 0.373. The molecule has 0 spiro atoms. The molecule has 0 aliphatic carbocycles. The second-order valence-corrected chi connectivity index (χ2v) is 9.76. The molecule has 1 atom stereocenters. The van der Waals surface area contributed by atoms with Crippen LogP contribution in [0.3, 0.4) is 0 Å². The Morgan fingerprint density at radius 1 is 1.26 bits per heavy atom. The first-order valence-electron chi connectivity index (χ1n) is 12.4. The molecule has 13 nitrogen and oxygen atoms in total. The summed E-state index contributed by atoms with van der Waals surface area (Å²) >= 11 is 3.08. The van der Waals surface area contributed by atoms with E-state index in [9.17, 15) is 19.5 Å². The van der Waals surface area contributed by atoms with Crippen molar-refractivity contribution in [3.63, 3.8) is 0 Å². The van der Waals surface area contributed by atoms with Crippen LogP contribution in [0.25, 0.3) is 16.7 Å². The number of pyridine rings is 1. The van der Waals surface area contributed by atoms with E-state index in [1.54, 1.807) is 17.6 Å². The van der Waals surface area contributed by atoms with Gasteiger partial charge < -0.3 is 29.9 Å². The lowest BCUT2D eigenvalue weighted by Crippen LogP contribution is -2.39. The third-order valence-electron chi connectivity index (χ3n) is 6.60. The molecule has 4 heterocycles. The summed E-state index contributed by atoms with van der Waals surface area (Å²) in [5.41, 5.74) is 1.17. The summed E-state index contributed by atoms with van der Waals surface area (Å²) in [4.78, 5) is 46.5. The number of carboxylic acid groups (broad SMARTS) is 1. The number of aromatic nitrogens is 5. The standard InChI is InChI=1S/C25H27BrN8O5/c1-32-18-5-4-17(9-16(18)10-19(23(32)36)39-8-6-27-22(35)12-26)30-21-11-20(31-25-28-14-29-34(21)25)33-7-2-3-15(13-33)24(37)38/h4-5,9-11,14-15,30H,2-3,6-8,12-13H2,1H3,(H,27,35)(H,37,38). The van der Waals surface area contributed by atoms with Crippen molar-refractivity contribution in [2.75, 3.05) is 41.8 Å². The molecule has 1 aliphatic rings. The highest BCUT2D eigenvalue weighted by Gasteiger charge is 2.27. The van der Waals surface area contributed by atoms with Crippen molar-refractivity contribution in [3.8, 4) is 5.75 Å². The Labute approximate surface area is 230 Å². The van der Waals surface area contributed by atoms with Crippen LogP contribution in [0, 0.1) is 5.92 Å². The molecule has 39 heavy (non-hydrogen) atoms. The molecule has 1 aliphatic heterocycles. The first-order valence-corrected chi connectivity index (χ1v) is 13.5. The van der Waals surface area contributed by atoms with E-state index in [1.165, 1.54) is 10.9 Å². The third-order valence-corrected chi connectivity index (χ3v) is 7.11. The van der Waals surface area contributed by atoms with Gasteiger partial charge in [-0.3, -0.25) is 14.4 Å². The Balaban J connectivity index is 1.42. The molecule has 0 radical (unpaired) electrons. The number of nitrogens with zero attached hydrogens (tertiary/aromatic N) is 6. The van der Waals surface area contributed by atoms with Gasteiger partial charge in [-0.2, -0.15) is 19.6 Å². The molecule has 3 N–H and O–H groups in total. The number of aliphatic carboxylic acids is 1. The monoisotopic (exact) mass is 598 g/mol. The van der Waals surface area contributed by atoms with E-state index in [0.29, 0.717) is 36.9 Å². The summed E-state index contributed by atoms with van der Waals surface area (Å²) in [7, 11) is 1.67. The lowest BCUT2D eigenvalue weighted by molar-refractivity contribution is -0.142. The molecule has 5 rings (SSSR count). The van der Waals surface area contributed by atoms with Gasteiger partial charge in [-0.05, 0) is 37.1 Å². The predicted molar refractivity (Wildman–Crippen MR) is 148 cm³/mol. The summed E-state index contributed by atoms with van der Waals surface area (Å²) in [6, 6.07) is 9.08. The Morgan fingerprint density at radius 2 is 2.10 bits per heavy atom. The number of alkyl halides is 1. The fourth-order valence-corrected chi connectivity index (χ4v) is 4.82. The molecule has 0 saturated carbocycles. The van der Waals surface area contributed by atoms with Gasteiger partial charge in [0.25, 0.3) is 11.3 Å². The van der Waals surface area contributed by atoms with Crippen LogP contribution in [0.5, 0.6) is 5.75 Å². The van der Waals surface area contributed by atoms with Gasteiger partial charge in [0.15, 0.2) is 5.75 Å². The number of carboxylic acids is 1. The van der Waals surface area contributed by atoms with E-state index in [-0.39, 0.29) is 35.7 Å². The zero-order valence-electron chi connectivity index (χ0n) is 21.1. The summed E-state index contributed by atoms with van der Waals surface area (Å²) in [5, 5.41) is 20.8. The van der Waals surface area contributed by atoms with Crippen molar-refractivity contribution in [2.24, 2.45) is 13.0 Å². The van der Waals surface area contributed by atoms with Crippen molar-refractivity contribution in [3.05, 3.63) is 47.0 Å². The van der Waals surface area contributed by atoms with E-state index >= 15 is 0 Å². The van der Waals surface area contributed by atoms with Gasteiger partial charge in [0.05, 0.1) is 23.3 Å². The van der Waals surface area contributed by atoms with E-state index in [1.807, 2.05) is 29.2 Å². The number of aryl methyl sites for hydroxylation is 1. The Morgan fingerprint density at radius 3 is 2.90 bits per heavy atom. The molecule has 204 valence electrons. The summed E-state index contributed by atoms with van der Waals surface area (Å²) in [6.07, 6.45) is 2.81. The largest absolute Gasteiger partial charge is 0.486 e. The topological polar surface area (TPSA) is 156 Å². The van der Waals surface area contributed by atoms with Crippen LogP contribution in [-0.4, -0.2) is 72.7 Å². The van der Waals surface area contributed by atoms with Crippen LogP contribution < -0.4 is 25.8 Å². The summed E-state index contributed by atoms with van der Waals surface area (Å²) < 4.78 is 8.76. The number of ether oxygens (including phenoxy) is 1. The number of nitrogens with one attached hydrogen (secondary N) is 2. The molecule has 1 amide bonds. The average Bonchev–Trinajstić information content (AvgIpc) is 3.42. The van der Waals surface area contributed by atoms with Crippen LogP contribution >= 0.6 is 15.9 Å². The predicted octanol–water partition coefficient (Wildman–Crippen LogP) is 1.91. The van der Waals surface area contributed by atoms with Gasteiger partial charge in [0.1, 0.15) is 24.6 Å². The number of benzene rings is 1. The number of fused-ring (bicyclic) bond motifs is 2. The van der Waals surface area contributed by atoms with Crippen LogP contribution in [0.1, 0.15) is 12.8 Å². The minimum Gasteiger partial charge on any atom is -0.486 e. The van der Waals surface area contributed by atoms with Crippen LogP contribution in [-0.2, 0) is 16.6 Å². The highest BCUT2D eigenvalue weighted by atomic mass is 79.9. The van der Waals surface area contributed by atoms with E-state index < -0.39 is 11.9 Å². The number of anilines is 3. The number of amides is 1. The molecule has 3 aromatic heterocycles. The number of hydrogen-bond donors (Lipinski definition) is 3. The minimum atomic E-state index is -0.806. The van der Waals surface area contributed by atoms with Gasteiger partial charge >= 0.3 is 5.97 Å². The average molecular weight is 599 g/mol. The zero-order chi connectivity index (χ0) is 27.5. The van der Waals surface area contributed by atoms with Crippen molar-refractivity contribution in [1.82, 2.24) is 29.5 Å². The van der Waals surface area contributed by atoms with Crippen LogP contribution in [0.15, 0.2) is 41.5 Å². The number of carbonyl (C=O) groups excluding carboxylic acids is 1. The smallest absolute Gasteiger partial charge is 0.308 e. The van der Waals surface area contributed by atoms with Crippen molar-refractivity contribution < 1.29 is 19.4 Å². The second-order valence-electron chi connectivity index (χ2n) is 9.20. The SMILES string of the molecule is Cn1c(=O)c(OCCNC(=O)CBr)cc2cc(Nc3cc(N4CCCC(C(=O)O)C4)nc4ncnn34)ccc21. The summed E-state index contributed by atoms with van der Waals surface area (Å²) in [6.45, 7) is 1.50. The minimum absolute atomic E-state index is 0.154. The number of halogens is 1. The molecule has 1 unspecified atom stereocenters. The highest BCUT2D eigenvalue weighted by molar-refractivity contribution is 9.09. The Hall–Kier alpha value is -4.20. The number of carbonyl (C=O) groups is 2. The lowest BCUT2D eigenvalue weighted by atomic mass is 9.98. The number of hydrogen-bond acceptors (Lipinski definition) is 9. The Bertz CT molecular complexity index is 1600. The van der Waals surface area contributed by atoms with Gasteiger partial charge in [-0.1, -0.05) is 15.9 Å².